The Hall–Kier alpha value is -2.22. The number of nitrogens with zero attached hydrogens (tertiary/aromatic N) is 1. The van der Waals surface area contributed by atoms with Crippen molar-refractivity contribution in [2.24, 2.45) is 0 Å². The third kappa shape index (κ3) is 3.39. The van der Waals surface area contributed by atoms with Gasteiger partial charge in [0.1, 0.15) is 5.75 Å². The first-order valence-corrected chi connectivity index (χ1v) is 4.78. The highest BCUT2D eigenvalue weighted by molar-refractivity contribution is 5.73. The van der Waals surface area contributed by atoms with E-state index in [2.05, 4.69) is 4.74 Å². The zero-order valence-corrected chi connectivity index (χ0v) is 9.33. The maximum absolute atomic E-state index is 13.2. The van der Waals surface area contributed by atoms with Crippen LogP contribution in [0.3, 0.4) is 0 Å². The fraction of sp³-hybridized carbons (Fsp3) is 0.300. The Kier molecular flexibility index (Phi) is 4.55. The number of nitro benzene ring substituents is 1. The fourth-order valence-corrected chi connectivity index (χ4v) is 1.18. The summed E-state index contributed by atoms with van der Waals surface area (Å²) in [6.07, 6.45) is -1.31. The summed E-state index contributed by atoms with van der Waals surface area (Å²) >= 11 is 0. The van der Waals surface area contributed by atoms with E-state index < -0.39 is 28.5 Å². The lowest BCUT2D eigenvalue weighted by Gasteiger charge is -2.13. The molecule has 0 aromatic heterocycles. The Balaban J connectivity index is 2.88. The zero-order valence-electron chi connectivity index (χ0n) is 9.33. The molecule has 0 saturated heterocycles. The van der Waals surface area contributed by atoms with Crippen LogP contribution in [0, 0.1) is 15.9 Å². The Morgan fingerprint density at radius 2 is 2.28 bits per heavy atom. The minimum atomic E-state index is -1.31. The van der Waals surface area contributed by atoms with Gasteiger partial charge in [0.05, 0.1) is 11.5 Å². The summed E-state index contributed by atoms with van der Waals surface area (Å²) in [7, 11) is 1.29. The first kappa shape index (κ1) is 13.8. The molecular weight excluding hydrogens is 249 g/mol. The highest BCUT2D eigenvalue weighted by atomic mass is 19.1. The number of benzene rings is 1. The number of aliphatic carboxylic acids is 1. The van der Waals surface area contributed by atoms with E-state index in [0.29, 0.717) is 0 Å². The summed E-state index contributed by atoms with van der Waals surface area (Å²) in [6.45, 7) is -0.228. The number of nitro groups is 1. The Labute approximate surface area is 101 Å². The third-order valence-corrected chi connectivity index (χ3v) is 1.99. The van der Waals surface area contributed by atoms with Crippen LogP contribution in [-0.2, 0) is 9.53 Å². The molecule has 98 valence electrons. The van der Waals surface area contributed by atoms with Gasteiger partial charge in [-0.2, -0.15) is 4.39 Å². The van der Waals surface area contributed by atoms with E-state index in [1.54, 1.807) is 0 Å². The topological polar surface area (TPSA) is 98.9 Å². The van der Waals surface area contributed by atoms with Gasteiger partial charge >= 0.3 is 11.7 Å². The molecule has 8 heteroatoms. The van der Waals surface area contributed by atoms with E-state index >= 15 is 0 Å². The lowest BCUT2D eigenvalue weighted by molar-refractivity contribution is -0.387. The van der Waals surface area contributed by atoms with E-state index in [0.717, 1.165) is 18.2 Å². The first-order valence-electron chi connectivity index (χ1n) is 4.78. The van der Waals surface area contributed by atoms with Crippen LogP contribution < -0.4 is 4.74 Å². The molecule has 0 saturated carbocycles. The van der Waals surface area contributed by atoms with E-state index in [1.807, 2.05) is 0 Å². The largest absolute Gasteiger partial charge is 0.478 e. The highest BCUT2D eigenvalue weighted by Crippen LogP contribution is 2.23. The molecule has 0 amide bonds. The van der Waals surface area contributed by atoms with Crippen LogP contribution >= 0.6 is 0 Å². The minimum Gasteiger partial charge on any atom is -0.478 e. The summed E-state index contributed by atoms with van der Waals surface area (Å²) in [5.41, 5.74) is -0.707. The molecule has 1 atom stereocenters. The number of ether oxygens (including phenoxy) is 2. The van der Waals surface area contributed by atoms with Crippen molar-refractivity contribution in [1.82, 2.24) is 0 Å². The van der Waals surface area contributed by atoms with Gasteiger partial charge in [0, 0.05) is 19.2 Å². The number of hydrogen-bond acceptors (Lipinski definition) is 5. The molecular formula is C10H10FNO6. The SMILES string of the molecule is COCC(Oc1ccc([N+](=O)[O-])c(F)c1)C(=O)O. The van der Waals surface area contributed by atoms with Crippen LogP contribution in [0.1, 0.15) is 0 Å². The Morgan fingerprint density at radius 3 is 2.72 bits per heavy atom. The van der Waals surface area contributed by atoms with Crippen molar-refractivity contribution in [3.63, 3.8) is 0 Å². The molecule has 0 aliphatic heterocycles. The molecule has 1 rings (SSSR count). The Morgan fingerprint density at radius 1 is 1.61 bits per heavy atom. The molecule has 7 nitrogen and oxygen atoms in total. The molecule has 0 bridgehead atoms. The van der Waals surface area contributed by atoms with Crippen LogP contribution in [-0.4, -0.2) is 35.8 Å². The molecule has 0 radical (unpaired) electrons. The zero-order chi connectivity index (χ0) is 13.7. The van der Waals surface area contributed by atoms with E-state index in [9.17, 15) is 19.3 Å². The summed E-state index contributed by atoms with van der Waals surface area (Å²) in [5.74, 6) is -2.50. The van der Waals surface area contributed by atoms with Crippen molar-refractivity contribution in [2.45, 2.75) is 6.10 Å². The lowest BCUT2D eigenvalue weighted by Crippen LogP contribution is -2.31. The molecule has 1 aromatic rings. The second-order valence-electron chi connectivity index (χ2n) is 3.27. The lowest BCUT2D eigenvalue weighted by atomic mass is 10.3. The molecule has 0 fully saturated rings. The van der Waals surface area contributed by atoms with Crippen molar-refractivity contribution in [2.75, 3.05) is 13.7 Å². The molecule has 0 spiro atoms. The molecule has 0 aliphatic carbocycles. The predicted octanol–water partition coefficient (Wildman–Crippen LogP) is 1.21. The molecule has 1 aromatic carbocycles. The average Bonchev–Trinajstić information content (AvgIpc) is 2.27. The number of rotatable bonds is 6. The highest BCUT2D eigenvalue weighted by Gasteiger charge is 2.21. The third-order valence-electron chi connectivity index (χ3n) is 1.99. The van der Waals surface area contributed by atoms with Gasteiger partial charge < -0.3 is 14.6 Å². The van der Waals surface area contributed by atoms with Gasteiger partial charge in [0.15, 0.2) is 0 Å². The standard InChI is InChI=1S/C10H10FNO6/c1-17-5-9(10(13)14)18-6-2-3-8(12(15)16)7(11)4-6/h2-4,9H,5H2,1H3,(H,13,14). The number of hydrogen-bond donors (Lipinski definition) is 1. The van der Waals surface area contributed by atoms with Crippen LogP contribution in [0.25, 0.3) is 0 Å². The van der Waals surface area contributed by atoms with Gasteiger partial charge in [-0.1, -0.05) is 0 Å². The van der Waals surface area contributed by atoms with Crippen molar-refractivity contribution >= 4 is 11.7 Å². The second-order valence-corrected chi connectivity index (χ2v) is 3.27. The first-order chi connectivity index (χ1) is 8.45. The van der Waals surface area contributed by atoms with Crippen molar-refractivity contribution in [3.05, 3.63) is 34.1 Å². The number of halogens is 1. The quantitative estimate of drug-likeness (QED) is 0.609. The van der Waals surface area contributed by atoms with Crippen molar-refractivity contribution < 1.29 is 28.7 Å². The smallest absolute Gasteiger partial charge is 0.347 e. The van der Waals surface area contributed by atoms with E-state index in [1.165, 1.54) is 7.11 Å². The second kappa shape index (κ2) is 5.92. The molecule has 0 aliphatic rings. The fourth-order valence-electron chi connectivity index (χ4n) is 1.18. The monoisotopic (exact) mass is 259 g/mol. The average molecular weight is 259 g/mol. The van der Waals surface area contributed by atoms with Crippen LogP contribution in [0.5, 0.6) is 5.75 Å². The van der Waals surface area contributed by atoms with E-state index in [-0.39, 0.29) is 12.4 Å². The number of carbonyl (C=O) groups is 1. The Bertz CT molecular complexity index is 464. The van der Waals surface area contributed by atoms with Gasteiger partial charge in [-0.05, 0) is 6.07 Å². The van der Waals surface area contributed by atoms with Crippen LogP contribution in [0.4, 0.5) is 10.1 Å². The van der Waals surface area contributed by atoms with Gasteiger partial charge in [0.2, 0.25) is 11.9 Å². The summed E-state index contributed by atoms with van der Waals surface area (Å²) in [5, 5.41) is 19.1. The van der Waals surface area contributed by atoms with Gasteiger partial charge in [-0.15, -0.1) is 0 Å². The van der Waals surface area contributed by atoms with Gasteiger partial charge in [-0.25, -0.2) is 4.79 Å². The molecule has 0 heterocycles. The maximum atomic E-state index is 13.2. The molecule has 1 unspecified atom stereocenters. The van der Waals surface area contributed by atoms with Crippen molar-refractivity contribution in [3.8, 4) is 5.75 Å². The normalized spacial score (nSPS) is 11.9. The number of carboxylic acid groups (broad SMARTS) is 1. The van der Waals surface area contributed by atoms with Crippen LogP contribution in [0.15, 0.2) is 18.2 Å². The minimum absolute atomic E-state index is 0.123. The summed E-state index contributed by atoms with van der Waals surface area (Å²) in [6, 6.07) is 2.77. The van der Waals surface area contributed by atoms with Gasteiger partial charge in [-0.3, -0.25) is 10.1 Å². The van der Waals surface area contributed by atoms with Crippen LogP contribution in [0.2, 0.25) is 0 Å². The van der Waals surface area contributed by atoms with Gasteiger partial charge in [0.25, 0.3) is 0 Å². The van der Waals surface area contributed by atoms with E-state index in [4.69, 9.17) is 9.84 Å². The summed E-state index contributed by atoms with van der Waals surface area (Å²) < 4.78 is 22.8. The molecule has 1 N–H and O–H groups in total. The maximum Gasteiger partial charge on any atom is 0.347 e. The number of methoxy groups -OCH3 is 1. The predicted molar refractivity (Wildman–Crippen MR) is 57.0 cm³/mol. The summed E-state index contributed by atoms with van der Waals surface area (Å²) in [4.78, 5) is 20.2. The number of carboxylic acids is 1. The molecule has 18 heavy (non-hydrogen) atoms. The van der Waals surface area contributed by atoms with Crippen molar-refractivity contribution in [1.29, 1.82) is 0 Å².